The zero-order chi connectivity index (χ0) is 17.1. The molecule has 122 valence electrons. The Hall–Kier alpha value is -3.02. The van der Waals surface area contributed by atoms with E-state index in [1.54, 1.807) is 6.20 Å². The lowest BCUT2D eigenvalue weighted by atomic mass is 10.1. The first-order valence-electron chi connectivity index (χ1n) is 7.76. The zero-order valence-corrected chi connectivity index (χ0v) is 13.9. The molecule has 0 bridgehead atoms. The van der Waals surface area contributed by atoms with Crippen molar-refractivity contribution in [3.8, 4) is 11.3 Å². The number of benzene rings is 1. The van der Waals surface area contributed by atoms with E-state index in [2.05, 4.69) is 20.6 Å². The second-order valence-electron chi connectivity index (χ2n) is 5.72. The van der Waals surface area contributed by atoms with Crippen LogP contribution in [0.3, 0.4) is 0 Å². The Labute approximate surface area is 140 Å². The predicted octanol–water partition coefficient (Wildman–Crippen LogP) is 3.22. The summed E-state index contributed by atoms with van der Waals surface area (Å²) in [5.41, 5.74) is 4.60. The molecule has 0 saturated heterocycles. The molecule has 0 spiro atoms. The molecule has 3 rings (SSSR count). The summed E-state index contributed by atoms with van der Waals surface area (Å²) in [5, 5.41) is 11.2. The number of hydrogen-bond donors (Lipinski definition) is 1. The van der Waals surface area contributed by atoms with Crippen LogP contribution in [0.15, 0.2) is 48.8 Å². The molecule has 3 aromatic rings. The van der Waals surface area contributed by atoms with Gasteiger partial charge in [-0.05, 0) is 37.6 Å². The van der Waals surface area contributed by atoms with Gasteiger partial charge >= 0.3 is 0 Å². The van der Waals surface area contributed by atoms with Gasteiger partial charge in [0.15, 0.2) is 0 Å². The summed E-state index contributed by atoms with van der Waals surface area (Å²) < 4.78 is 1.81. The number of aryl methyl sites for hydroxylation is 1. The SMILES string of the molecule is CC(=O)Nc1ccc(-c2cn([C@H](C)c3ncccc3C)nn2)cc1. The number of amides is 1. The van der Waals surface area contributed by atoms with Crippen LogP contribution in [0.25, 0.3) is 11.3 Å². The topological polar surface area (TPSA) is 72.7 Å². The molecular weight excluding hydrogens is 302 g/mol. The van der Waals surface area contributed by atoms with Crippen molar-refractivity contribution in [2.45, 2.75) is 26.8 Å². The van der Waals surface area contributed by atoms with E-state index in [0.717, 1.165) is 28.2 Å². The molecule has 0 unspecified atom stereocenters. The van der Waals surface area contributed by atoms with Gasteiger partial charge in [0.1, 0.15) is 5.69 Å². The summed E-state index contributed by atoms with van der Waals surface area (Å²) in [6.45, 7) is 5.57. The number of hydrogen-bond acceptors (Lipinski definition) is 4. The Balaban J connectivity index is 1.83. The summed E-state index contributed by atoms with van der Waals surface area (Å²) in [4.78, 5) is 15.5. The Morgan fingerprint density at radius 2 is 1.96 bits per heavy atom. The number of rotatable bonds is 4. The van der Waals surface area contributed by atoms with E-state index < -0.39 is 0 Å². The van der Waals surface area contributed by atoms with Gasteiger partial charge in [0.2, 0.25) is 5.91 Å². The standard InChI is InChI=1S/C18H19N5O/c1-12-5-4-10-19-18(12)13(2)23-11-17(21-22-23)15-6-8-16(9-7-15)20-14(3)24/h4-11,13H,1-3H3,(H,20,24)/t13-/m1/s1. The van der Waals surface area contributed by atoms with E-state index in [1.807, 2.05) is 61.1 Å². The van der Waals surface area contributed by atoms with Crippen molar-refractivity contribution in [3.63, 3.8) is 0 Å². The highest BCUT2D eigenvalue weighted by Crippen LogP contribution is 2.22. The lowest BCUT2D eigenvalue weighted by molar-refractivity contribution is -0.114. The molecule has 2 heterocycles. The highest BCUT2D eigenvalue weighted by atomic mass is 16.1. The van der Waals surface area contributed by atoms with Crippen LogP contribution in [0.5, 0.6) is 0 Å². The van der Waals surface area contributed by atoms with Gasteiger partial charge in [-0.3, -0.25) is 9.78 Å². The number of anilines is 1. The molecule has 0 radical (unpaired) electrons. The minimum absolute atomic E-state index is 0.00565. The molecular formula is C18H19N5O. The van der Waals surface area contributed by atoms with Crippen LogP contribution in [0.1, 0.15) is 31.1 Å². The molecule has 6 nitrogen and oxygen atoms in total. The van der Waals surface area contributed by atoms with E-state index >= 15 is 0 Å². The van der Waals surface area contributed by atoms with Gasteiger partial charge in [-0.1, -0.05) is 23.4 Å². The molecule has 0 saturated carbocycles. The first-order valence-corrected chi connectivity index (χ1v) is 7.76. The van der Waals surface area contributed by atoms with E-state index in [-0.39, 0.29) is 11.9 Å². The molecule has 0 aliphatic rings. The van der Waals surface area contributed by atoms with Gasteiger partial charge < -0.3 is 5.32 Å². The minimum Gasteiger partial charge on any atom is -0.326 e. The molecule has 1 atom stereocenters. The second-order valence-corrected chi connectivity index (χ2v) is 5.72. The summed E-state index contributed by atoms with van der Waals surface area (Å²) >= 11 is 0. The Kier molecular flexibility index (Phi) is 4.37. The smallest absolute Gasteiger partial charge is 0.221 e. The lowest BCUT2D eigenvalue weighted by Crippen LogP contribution is -2.10. The van der Waals surface area contributed by atoms with Gasteiger partial charge in [0.25, 0.3) is 0 Å². The van der Waals surface area contributed by atoms with Crippen LogP contribution in [-0.4, -0.2) is 25.9 Å². The average Bonchev–Trinajstić information content (AvgIpc) is 3.05. The van der Waals surface area contributed by atoms with Gasteiger partial charge in [-0.25, -0.2) is 4.68 Å². The second kappa shape index (κ2) is 6.62. The van der Waals surface area contributed by atoms with E-state index in [9.17, 15) is 4.79 Å². The summed E-state index contributed by atoms with van der Waals surface area (Å²) in [7, 11) is 0. The van der Waals surface area contributed by atoms with Crippen LogP contribution in [0.4, 0.5) is 5.69 Å². The number of nitrogens with one attached hydrogen (secondary N) is 1. The van der Waals surface area contributed by atoms with Crippen molar-refractivity contribution in [1.82, 2.24) is 20.0 Å². The number of carbonyl (C=O) groups excluding carboxylic acids is 1. The molecule has 1 N–H and O–H groups in total. The molecule has 24 heavy (non-hydrogen) atoms. The lowest BCUT2D eigenvalue weighted by Gasteiger charge is -2.12. The molecule has 0 fully saturated rings. The zero-order valence-electron chi connectivity index (χ0n) is 13.9. The first kappa shape index (κ1) is 15.9. The van der Waals surface area contributed by atoms with Gasteiger partial charge in [0.05, 0.1) is 17.9 Å². The monoisotopic (exact) mass is 321 g/mol. The fourth-order valence-electron chi connectivity index (χ4n) is 2.59. The van der Waals surface area contributed by atoms with Gasteiger partial charge in [-0.15, -0.1) is 5.10 Å². The highest BCUT2D eigenvalue weighted by molar-refractivity contribution is 5.88. The van der Waals surface area contributed by atoms with Crippen molar-refractivity contribution in [1.29, 1.82) is 0 Å². The number of aromatic nitrogens is 4. The van der Waals surface area contributed by atoms with Crippen molar-refractivity contribution < 1.29 is 4.79 Å². The minimum atomic E-state index is -0.0896. The van der Waals surface area contributed by atoms with Crippen LogP contribution >= 0.6 is 0 Å². The number of nitrogens with zero attached hydrogens (tertiary/aromatic N) is 4. The van der Waals surface area contributed by atoms with Crippen molar-refractivity contribution in [2.24, 2.45) is 0 Å². The fourth-order valence-corrected chi connectivity index (χ4v) is 2.59. The Morgan fingerprint density at radius 1 is 1.21 bits per heavy atom. The number of carbonyl (C=O) groups is 1. The van der Waals surface area contributed by atoms with Gasteiger partial charge in [0, 0.05) is 24.4 Å². The summed E-state index contributed by atoms with van der Waals surface area (Å²) in [6, 6.07) is 11.5. The first-order chi connectivity index (χ1) is 11.5. The molecule has 1 aromatic carbocycles. The molecule has 6 heteroatoms. The molecule has 2 aromatic heterocycles. The van der Waals surface area contributed by atoms with Crippen molar-refractivity contribution >= 4 is 11.6 Å². The maximum Gasteiger partial charge on any atom is 0.221 e. The summed E-state index contributed by atoms with van der Waals surface area (Å²) in [5.74, 6) is -0.0896. The fraction of sp³-hybridized carbons (Fsp3) is 0.222. The van der Waals surface area contributed by atoms with Crippen LogP contribution < -0.4 is 5.32 Å². The maximum absolute atomic E-state index is 11.1. The quantitative estimate of drug-likeness (QED) is 0.801. The molecule has 0 aliphatic heterocycles. The average molecular weight is 321 g/mol. The van der Waals surface area contributed by atoms with Crippen LogP contribution in [-0.2, 0) is 4.79 Å². The Morgan fingerprint density at radius 3 is 2.62 bits per heavy atom. The van der Waals surface area contributed by atoms with Crippen molar-refractivity contribution in [2.75, 3.05) is 5.32 Å². The van der Waals surface area contributed by atoms with E-state index in [1.165, 1.54) is 6.92 Å². The van der Waals surface area contributed by atoms with Crippen molar-refractivity contribution in [3.05, 3.63) is 60.0 Å². The van der Waals surface area contributed by atoms with E-state index in [0.29, 0.717) is 0 Å². The normalized spacial score (nSPS) is 12.0. The number of pyridine rings is 1. The third-order valence-electron chi connectivity index (χ3n) is 3.85. The Bertz CT molecular complexity index is 854. The maximum atomic E-state index is 11.1. The third kappa shape index (κ3) is 3.32. The van der Waals surface area contributed by atoms with Gasteiger partial charge in [-0.2, -0.15) is 0 Å². The van der Waals surface area contributed by atoms with E-state index in [4.69, 9.17) is 0 Å². The van der Waals surface area contributed by atoms with Crippen LogP contribution in [0, 0.1) is 6.92 Å². The third-order valence-corrected chi connectivity index (χ3v) is 3.85. The predicted molar refractivity (Wildman–Crippen MR) is 92.5 cm³/mol. The molecule has 1 amide bonds. The van der Waals surface area contributed by atoms with Crippen LogP contribution in [0.2, 0.25) is 0 Å². The largest absolute Gasteiger partial charge is 0.326 e. The molecule has 0 aliphatic carbocycles. The highest BCUT2D eigenvalue weighted by Gasteiger charge is 2.14. The summed E-state index contributed by atoms with van der Waals surface area (Å²) in [6.07, 6.45) is 3.70.